The first-order chi connectivity index (χ1) is 8.36. The van der Waals surface area contributed by atoms with Crippen LogP contribution in [0.3, 0.4) is 0 Å². The van der Waals surface area contributed by atoms with E-state index in [0.717, 1.165) is 31.2 Å². The van der Waals surface area contributed by atoms with E-state index in [1.165, 1.54) is 5.56 Å². The zero-order valence-electron chi connectivity index (χ0n) is 11.0. The zero-order valence-corrected chi connectivity index (χ0v) is 14.1. The minimum atomic E-state index is 0. The molecule has 0 aromatic heterocycles. The van der Waals surface area contributed by atoms with Gasteiger partial charge in [0.05, 0.1) is 0 Å². The van der Waals surface area contributed by atoms with Gasteiger partial charge in [0.1, 0.15) is 0 Å². The number of aliphatic imine (C=N–C) groups is 1. The van der Waals surface area contributed by atoms with Gasteiger partial charge in [-0.25, -0.2) is 0 Å². The number of nitrogens with zero attached hydrogens (tertiary/aromatic N) is 1. The summed E-state index contributed by atoms with van der Waals surface area (Å²) in [5.74, 6) is 1.98. The van der Waals surface area contributed by atoms with E-state index in [9.17, 15) is 0 Å². The van der Waals surface area contributed by atoms with Crippen molar-refractivity contribution in [2.45, 2.75) is 6.42 Å². The Balaban J connectivity index is 0.00000289. The Bertz CT molecular complexity index is 330. The van der Waals surface area contributed by atoms with Crippen LogP contribution in [0.5, 0.6) is 0 Å². The Morgan fingerprint density at radius 3 is 2.44 bits per heavy atom. The minimum absolute atomic E-state index is 0. The molecular formula is C13H22IN3S. The molecule has 0 unspecified atom stereocenters. The van der Waals surface area contributed by atoms with E-state index in [4.69, 9.17) is 0 Å². The normalized spacial score (nSPS) is 10.7. The van der Waals surface area contributed by atoms with Gasteiger partial charge in [0, 0.05) is 25.9 Å². The van der Waals surface area contributed by atoms with Crippen LogP contribution >= 0.6 is 35.7 Å². The van der Waals surface area contributed by atoms with Gasteiger partial charge in [-0.15, -0.1) is 24.0 Å². The van der Waals surface area contributed by atoms with Crippen molar-refractivity contribution in [2.75, 3.05) is 32.1 Å². The lowest BCUT2D eigenvalue weighted by Gasteiger charge is -2.11. The Morgan fingerprint density at radius 1 is 1.17 bits per heavy atom. The lowest BCUT2D eigenvalue weighted by atomic mass is 10.1. The third-order valence-electron chi connectivity index (χ3n) is 2.37. The molecule has 0 spiro atoms. The third kappa shape index (κ3) is 7.81. The van der Waals surface area contributed by atoms with E-state index in [2.05, 4.69) is 46.1 Å². The molecule has 0 saturated carbocycles. The summed E-state index contributed by atoms with van der Waals surface area (Å²) in [7, 11) is 1.80. The van der Waals surface area contributed by atoms with Crippen LogP contribution in [-0.4, -0.2) is 38.1 Å². The van der Waals surface area contributed by atoms with Crippen molar-refractivity contribution < 1.29 is 0 Å². The highest BCUT2D eigenvalue weighted by Crippen LogP contribution is 1.97. The van der Waals surface area contributed by atoms with Crippen LogP contribution in [0.25, 0.3) is 0 Å². The standard InChI is InChI=1S/C13H21N3S.HI/c1-14-13(16-10-11-17-2)15-9-8-12-6-4-3-5-7-12;/h3-7H,8-11H2,1-2H3,(H2,14,15,16);1H. The highest BCUT2D eigenvalue weighted by atomic mass is 127. The number of rotatable bonds is 6. The molecule has 0 fully saturated rings. The molecule has 0 aliphatic rings. The Kier molecular flexibility index (Phi) is 11.4. The molecule has 0 bridgehead atoms. The zero-order chi connectivity index (χ0) is 12.3. The quantitative estimate of drug-likeness (QED) is 0.345. The first-order valence-electron chi connectivity index (χ1n) is 5.84. The molecule has 18 heavy (non-hydrogen) atoms. The average molecular weight is 379 g/mol. The maximum Gasteiger partial charge on any atom is 0.191 e. The molecule has 0 heterocycles. The summed E-state index contributed by atoms with van der Waals surface area (Å²) in [5.41, 5.74) is 1.35. The average Bonchev–Trinajstić information content (AvgIpc) is 2.38. The summed E-state index contributed by atoms with van der Waals surface area (Å²) in [4.78, 5) is 4.18. The molecule has 0 aliphatic heterocycles. The molecule has 1 aromatic carbocycles. The number of benzene rings is 1. The molecule has 102 valence electrons. The van der Waals surface area contributed by atoms with Gasteiger partial charge in [0.15, 0.2) is 5.96 Å². The smallest absolute Gasteiger partial charge is 0.191 e. The third-order valence-corrected chi connectivity index (χ3v) is 2.98. The van der Waals surface area contributed by atoms with E-state index >= 15 is 0 Å². The van der Waals surface area contributed by atoms with E-state index in [1.807, 2.05) is 17.8 Å². The lowest BCUT2D eigenvalue weighted by molar-refractivity contribution is 0.812. The molecule has 0 aliphatic carbocycles. The number of hydrogen-bond acceptors (Lipinski definition) is 2. The number of guanidine groups is 1. The second kappa shape index (κ2) is 11.6. The van der Waals surface area contributed by atoms with Crippen LogP contribution in [0.2, 0.25) is 0 Å². The molecule has 0 radical (unpaired) electrons. The molecule has 3 nitrogen and oxygen atoms in total. The van der Waals surface area contributed by atoms with Crippen LogP contribution in [0.4, 0.5) is 0 Å². The fourth-order valence-electron chi connectivity index (χ4n) is 1.46. The van der Waals surface area contributed by atoms with Crippen molar-refractivity contribution >= 4 is 41.7 Å². The summed E-state index contributed by atoms with van der Waals surface area (Å²) in [6.07, 6.45) is 3.12. The fourth-order valence-corrected chi connectivity index (χ4v) is 1.77. The molecule has 1 rings (SSSR count). The number of hydrogen-bond donors (Lipinski definition) is 2. The Morgan fingerprint density at radius 2 is 1.83 bits per heavy atom. The first kappa shape index (κ1) is 17.6. The van der Waals surface area contributed by atoms with Crippen molar-refractivity contribution in [3.8, 4) is 0 Å². The monoisotopic (exact) mass is 379 g/mol. The molecule has 0 amide bonds. The maximum atomic E-state index is 4.18. The highest BCUT2D eigenvalue weighted by molar-refractivity contribution is 14.0. The van der Waals surface area contributed by atoms with Crippen LogP contribution < -0.4 is 10.6 Å². The van der Waals surface area contributed by atoms with Crippen LogP contribution in [0.15, 0.2) is 35.3 Å². The van der Waals surface area contributed by atoms with Crippen molar-refractivity contribution in [3.63, 3.8) is 0 Å². The largest absolute Gasteiger partial charge is 0.356 e. The van der Waals surface area contributed by atoms with Gasteiger partial charge in [-0.1, -0.05) is 30.3 Å². The summed E-state index contributed by atoms with van der Waals surface area (Å²) < 4.78 is 0. The molecule has 0 saturated heterocycles. The predicted molar refractivity (Wildman–Crippen MR) is 93.3 cm³/mol. The van der Waals surface area contributed by atoms with E-state index in [-0.39, 0.29) is 24.0 Å². The topological polar surface area (TPSA) is 36.4 Å². The Hall–Kier alpha value is -0.430. The van der Waals surface area contributed by atoms with Gasteiger partial charge < -0.3 is 10.6 Å². The van der Waals surface area contributed by atoms with Crippen molar-refractivity contribution in [1.29, 1.82) is 0 Å². The summed E-state index contributed by atoms with van der Waals surface area (Å²) >= 11 is 1.83. The van der Waals surface area contributed by atoms with Gasteiger partial charge >= 0.3 is 0 Å². The maximum absolute atomic E-state index is 4.18. The molecule has 2 N–H and O–H groups in total. The fraction of sp³-hybridized carbons (Fsp3) is 0.462. The summed E-state index contributed by atoms with van der Waals surface area (Å²) in [6.45, 7) is 1.86. The molecular weight excluding hydrogens is 357 g/mol. The van der Waals surface area contributed by atoms with Crippen molar-refractivity contribution in [2.24, 2.45) is 4.99 Å². The van der Waals surface area contributed by atoms with Crippen molar-refractivity contribution in [1.82, 2.24) is 10.6 Å². The van der Waals surface area contributed by atoms with E-state index < -0.39 is 0 Å². The summed E-state index contributed by atoms with van der Waals surface area (Å²) in [5, 5.41) is 6.58. The van der Waals surface area contributed by atoms with Crippen LogP contribution in [-0.2, 0) is 6.42 Å². The van der Waals surface area contributed by atoms with Gasteiger partial charge in [-0.2, -0.15) is 11.8 Å². The first-order valence-corrected chi connectivity index (χ1v) is 7.23. The van der Waals surface area contributed by atoms with Gasteiger partial charge in [-0.05, 0) is 18.2 Å². The Labute approximate surface area is 131 Å². The highest BCUT2D eigenvalue weighted by Gasteiger charge is 1.96. The SMILES string of the molecule is CN=C(NCCSC)NCCc1ccccc1.I. The van der Waals surface area contributed by atoms with E-state index in [0.29, 0.717) is 0 Å². The van der Waals surface area contributed by atoms with E-state index in [1.54, 1.807) is 7.05 Å². The molecule has 1 aromatic rings. The van der Waals surface area contributed by atoms with Gasteiger partial charge in [-0.3, -0.25) is 4.99 Å². The van der Waals surface area contributed by atoms with Gasteiger partial charge in [0.25, 0.3) is 0 Å². The lowest BCUT2D eigenvalue weighted by Crippen LogP contribution is -2.39. The van der Waals surface area contributed by atoms with Crippen LogP contribution in [0, 0.1) is 0 Å². The van der Waals surface area contributed by atoms with Crippen LogP contribution in [0.1, 0.15) is 5.56 Å². The molecule has 5 heteroatoms. The number of thioether (sulfide) groups is 1. The second-order valence-corrected chi connectivity index (χ2v) is 4.64. The molecule has 0 atom stereocenters. The predicted octanol–water partition coefficient (Wildman–Crippen LogP) is 2.38. The summed E-state index contributed by atoms with van der Waals surface area (Å²) in [6, 6.07) is 10.5. The van der Waals surface area contributed by atoms with Gasteiger partial charge in [0.2, 0.25) is 0 Å². The van der Waals surface area contributed by atoms with Crippen molar-refractivity contribution in [3.05, 3.63) is 35.9 Å². The number of nitrogens with one attached hydrogen (secondary N) is 2. The number of halogens is 1. The second-order valence-electron chi connectivity index (χ2n) is 3.65. The minimum Gasteiger partial charge on any atom is -0.356 e.